The Kier molecular flexibility index (Phi) is 0.854. The monoisotopic (exact) mass is 142 g/mol. The van der Waals surface area contributed by atoms with Gasteiger partial charge in [0, 0.05) is 5.92 Å². The topological polar surface area (TPSA) is 31.0 Å². The molecule has 2 bridgehead atoms. The van der Waals surface area contributed by atoms with Crippen LogP contribution in [-0.4, -0.2) is 31.2 Å². The number of hydrogen-bond donors (Lipinski definition) is 0. The molecule has 3 nitrogen and oxygen atoms in total. The minimum absolute atomic E-state index is 0.0359. The molecular weight excluding hydrogens is 132 g/mol. The fraction of sp³-hybridized carbons (Fsp3) is 1.00. The summed E-state index contributed by atoms with van der Waals surface area (Å²) >= 11 is 0. The van der Waals surface area contributed by atoms with E-state index in [1.54, 1.807) is 0 Å². The second kappa shape index (κ2) is 1.55. The van der Waals surface area contributed by atoms with Crippen LogP contribution in [0.3, 0.4) is 0 Å². The van der Waals surface area contributed by atoms with Crippen LogP contribution in [0.2, 0.25) is 0 Å². The van der Waals surface area contributed by atoms with Crippen molar-refractivity contribution >= 4 is 0 Å². The Morgan fingerprint density at radius 2 is 2.10 bits per heavy atom. The van der Waals surface area contributed by atoms with Crippen molar-refractivity contribution in [3.8, 4) is 0 Å². The lowest BCUT2D eigenvalue weighted by Gasteiger charge is -2.19. The lowest BCUT2D eigenvalue weighted by molar-refractivity contribution is -0.0870. The third-order valence-electron chi connectivity index (χ3n) is 2.67. The lowest BCUT2D eigenvalue weighted by Crippen LogP contribution is -2.33. The summed E-state index contributed by atoms with van der Waals surface area (Å²) < 4.78 is 16.2. The second-order valence-corrected chi connectivity index (χ2v) is 3.30. The molecule has 3 heterocycles. The lowest BCUT2D eigenvalue weighted by atomic mass is 9.98. The molecule has 0 aliphatic carbocycles. The third-order valence-corrected chi connectivity index (χ3v) is 2.67. The second-order valence-electron chi connectivity index (χ2n) is 3.30. The molecule has 0 saturated carbocycles. The molecule has 0 spiro atoms. The Hall–Kier alpha value is -0.120. The summed E-state index contributed by atoms with van der Waals surface area (Å²) in [7, 11) is 0. The molecule has 0 N–H and O–H groups in total. The fourth-order valence-electron chi connectivity index (χ4n) is 1.88. The summed E-state index contributed by atoms with van der Waals surface area (Å²) in [6.07, 6.45) is 0.958. The first-order valence-electron chi connectivity index (χ1n) is 3.79. The summed E-state index contributed by atoms with van der Waals surface area (Å²) in [4.78, 5) is 0. The maximum Gasteiger partial charge on any atom is 0.186 e. The normalized spacial score (nSPS) is 63.9. The molecule has 5 unspecified atom stereocenters. The van der Waals surface area contributed by atoms with Crippen LogP contribution < -0.4 is 0 Å². The molecule has 0 amide bonds. The van der Waals surface area contributed by atoms with Crippen molar-refractivity contribution in [3.05, 3.63) is 0 Å². The van der Waals surface area contributed by atoms with Crippen LogP contribution in [0.4, 0.5) is 0 Å². The van der Waals surface area contributed by atoms with Gasteiger partial charge in [-0.1, -0.05) is 6.92 Å². The van der Waals surface area contributed by atoms with Crippen molar-refractivity contribution in [1.82, 2.24) is 0 Å². The van der Waals surface area contributed by atoms with E-state index in [1.807, 2.05) is 0 Å². The van der Waals surface area contributed by atoms with Gasteiger partial charge >= 0.3 is 0 Å². The molecule has 0 aromatic rings. The zero-order valence-corrected chi connectivity index (χ0v) is 5.82. The van der Waals surface area contributed by atoms with Gasteiger partial charge in [-0.2, -0.15) is 0 Å². The highest BCUT2D eigenvalue weighted by atomic mass is 16.8. The Bertz CT molecular complexity index is 168. The van der Waals surface area contributed by atoms with Crippen LogP contribution >= 0.6 is 0 Å². The van der Waals surface area contributed by atoms with Crippen LogP contribution in [0.15, 0.2) is 0 Å². The predicted octanol–water partition coefficient (Wildman–Crippen LogP) is 0.145. The first-order valence-corrected chi connectivity index (χ1v) is 3.79. The highest BCUT2D eigenvalue weighted by molar-refractivity contribution is 5.01. The quantitative estimate of drug-likeness (QED) is 0.451. The van der Waals surface area contributed by atoms with E-state index in [4.69, 9.17) is 14.2 Å². The number of fused-ring (bicyclic) bond motifs is 4. The highest BCUT2D eigenvalue weighted by Gasteiger charge is 2.59. The van der Waals surface area contributed by atoms with E-state index in [0.29, 0.717) is 18.1 Å². The zero-order valence-electron chi connectivity index (χ0n) is 5.82. The largest absolute Gasteiger partial charge is 0.364 e. The summed E-state index contributed by atoms with van der Waals surface area (Å²) in [5, 5.41) is 0. The van der Waals surface area contributed by atoms with Crippen molar-refractivity contribution in [2.45, 2.75) is 31.5 Å². The Labute approximate surface area is 59.3 Å². The van der Waals surface area contributed by atoms with E-state index in [9.17, 15) is 0 Å². The molecule has 3 fully saturated rings. The molecule has 3 heteroatoms. The van der Waals surface area contributed by atoms with Crippen LogP contribution in [0.5, 0.6) is 0 Å². The van der Waals surface area contributed by atoms with Gasteiger partial charge in [-0.3, -0.25) is 0 Å². The Balaban J connectivity index is 1.91. The van der Waals surface area contributed by atoms with Crippen LogP contribution in [0.1, 0.15) is 6.92 Å². The molecule has 3 aliphatic rings. The molecule has 56 valence electrons. The number of epoxide rings is 1. The standard InChI is InChI=1S/C7H10O3/c1-3-4-2-8-7(9-4)6-5(3)10-6/h3-7H,2H2,1H3. The van der Waals surface area contributed by atoms with Crippen molar-refractivity contribution in [3.63, 3.8) is 0 Å². The van der Waals surface area contributed by atoms with E-state index in [-0.39, 0.29) is 12.4 Å². The molecule has 0 aromatic carbocycles. The zero-order chi connectivity index (χ0) is 6.72. The number of hydrogen-bond acceptors (Lipinski definition) is 3. The molecule has 0 radical (unpaired) electrons. The van der Waals surface area contributed by atoms with Crippen molar-refractivity contribution in [2.75, 3.05) is 6.61 Å². The van der Waals surface area contributed by atoms with Crippen LogP contribution in [0.25, 0.3) is 0 Å². The van der Waals surface area contributed by atoms with E-state index in [1.165, 1.54) is 0 Å². The van der Waals surface area contributed by atoms with E-state index in [0.717, 1.165) is 6.61 Å². The van der Waals surface area contributed by atoms with Crippen molar-refractivity contribution in [2.24, 2.45) is 5.92 Å². The summed E-state index contributed by atoms with van der Waals surface area (Å²) in [5.74, 6) is 0.531. The third kappa shape index (κ3) is 0.516. The highest BCUT2D eigenvalue weighted by Crippen LogP contribution is 2.44. The molecule has 10 heavy (non-hydrogen) atoms. The van der Waals surface area contributed by atoms with E-state index < -0.39 is 0 Å². The molecule has 5 atom stereocenters. The summed E-state index contributed by atoms with van der Waals surface area (Å²) in [6.45, 7) is 2.93. The molecule has 3 rings (SSSR count). The van der Waals surface area contributed by atoms with Crippen molar-refractivity contribution < 1.29 is 14.2 Å². The van der Waals surface area contributed by atoms with Gasteiger partial charge in [-0.15, -0.1) is 0 Å². The Morgan fingerprint density at radius 1 is 1.20 bits per heavy atom. The van der Waals surface area contributed by atoms with Gasteiger partial charge < -0.3 is 14.2 Å². The number of rotatable bonds is 0. The summed E-state index contributed by atoms with van der Waals surface area (Å²) in [6, 6.07) is 0. The minimum Gasteiger partial charge on any atom is -0.364 e. The van der Waals surface area contributed by atoms with Gasteiger partial charge in [0.2, 0.25) is 0 Å². The first-order chi connectivity index (χ1) is 4.86. The van der Waals surface area contributed by atoms with Gasteiger partial charge in [0.05, 0.1) is 18.8 Å². The van der Waals surface area contributed by atoms with Crippen molar-refractivity contribution in [1.29, 1.82) is 0 Å². The fourth-order valence-corrected chi connectivity index (χ4v) is 1.88. The summed E-state index contributed by atoms with van der Waals surface area (Å²) in [5.41, 5.74) is 0. The van der Waals surface area contributed by atoms with Gasteiger partial charge in [0.15, 0.2) is 6.29 Å². The smallest absolute Gasteiger partial charge is 0.186 e. The van der Waals surface area contributed by atoms with E-state index in [2.05, 4.69) is 6.92 Å². The number of ether oxygens (including phenoxy) is 3. The molecule has 3 aliphatic heterocycles. The molecule has 0 aromatic heterocycles. The van der Waals surface area contributed by atoms with Gasteiger partial charge in [0.25, 0.3) is 0 Å². The maximum atomic E-state index is 5.52. The molecule has 3 saturated heterocycles. The van der Waals surface area contributed by atoms with Gasteiger partial charge in [-0.05, 0) is 0 Å². The van der Waals surface area contributed by atoms with Gasteiger partial charge in [0.1, 0.15) is 6.10 Å². The predicted molar refractivity (Wildman–Crippen MR) is 32.4 cm³/mol. The first kappa shape index (κ1) is 5.52. The maximum absolute atomic E-state index is 5.52. The average molecular weight is 142 g/mol. The SMILES string of the molecule is CC1C2COC(O2)C2OC12. The van der Waals surface area contributed by atoms with Gasteiger partial charge in [-0.25, -0.2) is 0 Å². The van der Waals surface area contributed by atoms with E-state index >= 15 is 0 Å². The average Bonchev–Trinajstić information content (AvgIpc) is 2.61. The van der Waals surface area contributed by atoms with Crippen LogP contribution in [-0.2, 0) is 14.2 Å². The Morgan fingerprint density at radius 3 is 3.00 bits per heavy atom. The van der Waals surface area contributed by atoms with Crippen LogP contribution in [0, 0.1) is 5.92 Å². The molecular formula is C7H10O3. The minimum atomic E-state index is -0.0359.